The number of rotatable bonds is 2. The van der Waals surface area contributed by atoms with E-state index in [1.54, 1.807) is 13.2 Å². The van der Waals surface area contributed by atoms with Gasteiger partial charge < -0.3 is 10.8 Å². The van der Waals surface area contributed by atoms with E-state index < -0.39 is 5.97 Å². The molecule has 0 amide bonds. The summed E-state index contributed by atoms with van der Waals surface area (Å²) in [5.41, 5.74) is 5.88. The molecule has 0 unspecified atom stereocenters. The highest BCUT2D eigenvalue weighted by molar-refractivity contribution is 5.86. The fraction of sp³-hybridized carbons (Fsp3) is 0.333. The molecule has 0 saturated carbocycles. The maximum atomic E-state index is 10.5. The quantitative estimate of drug-likeness (QED) is 0.690. The predicted octanol–water partition coefficient (Wildman–Crippen LogP) is -0.00120. The van der Waals surface area contributed by atoms with E-state index in [0.717, 1.165) is 0 Å². The number of aryl methyl sites for hydroxylation is 1. The number of carbonyl (C=O) groups is 1. The van der Waals surface area contributed by atoms with E-state index in [2.05, 4.69) is 5.10 Å². The van der Waals surface area contributed by atoms with Gasteiger partial charge in [-0.1, -0.05) is 0 Å². The normalized spacial score (nSPS) is 9.17. The van der Waals surface area contributed by atoms with E-state index in [4.69, 9.17) is 10.8 Å². The molecule has 0 bridgehead atoms. The lowest BCUT2D eigenvalue weighted by molar-refractivity contribution is 0.0688. The highest BCUT2D eigenvalue weighted by Gasteiger charge is 2.12. The number of carboxylic acids is 1. The van der Waals surface area contributed by atoms with Crippen LogP contribution in [0.1, 0.15) is 16.1 Å². The monoisotopic (exact) mass is 191 g/mol. The number of nitrogens with zero attached hydrogens (tertiary/aromatic N) is 2. The van der Waals surface area contributed by atoms with Gasteiger partial charge in [-0.3, -0.25) is 4.68 Å². The van der Waals surface area contributed by atoms with E-state index in [-0.39, 0.29) is 24.6 Å². The highest BCUT2D eigenvalue weighted by Crippen LogP contribution is 2.04. The van der Waals surface area contributed by atoms with Gasteiger partial charge in [-0.2, -0.15) is 5.10 Å². The third-order valence-corrected chi connectivity index (χ3v) is 1.33. The molecule has 0 aromatic carbocycles. The Morgan fingerprint density at radius 3 is 2.75 bits per heavy atom. The fourth-order valence-electron chi connectivity index (χ4n) is 0.867. The van der Waals surface area contributed by atoms with Gasteiger partial charge in [0.25, 0.3) is 0 Å². The van der Waals surface area contributed by atoms with Gasteiger partial charge in [0.05, 0.1) is 0 Å². The third-order valence-electron chi connectivity index (χ3n) is 1.33. The molecular weight excluding hydrogens is 182 g/mol. The number of aromatic nitrogens is 2. The molecule has 1 aromatic heterocycles. The van der Waals surface area contributed by atoms with Crippen molar-refractivity contribution < 1.29 is 9.90 Å². The van der Waals surface area contributed by atoms with Crippen LogP contribution in [0, 0.1) is 0 Å². The van der Waals surface area contributed by atoms with Crippen LogP contribution in [-0.4, -0.2) is 20.9 Å². The van der Waals surface area contributed by atoms with Crippen LogP contribution in [0.2, 0.25) is 0 Å². The molecule has 1 rings (SSSR count). The zero-order valence-corrected chi connectivity index (χ0v) is 7.34. The van der Waals surface area contributed by atoms with Gasteiger partial charge in [-0.25, -0.2) is 4.79 Å². The Morgan fingerprint density at radius 2 is 2.42 bits per heavy atom. The van der Waals surface area contributed by atoms with Gasteiger partial charge in [0.15, 0.2) is 5.69 Å². The third kappa shape index (κ3) is 1.96. The smallest absolute Gasteiger partial charge is 0.356 e. The molecule has 0 spiro atoms. The molecule has 1 heterocycles. The molecule has 0 aliphatic rings. The Balaban J connectivity index is 0.00000121. The summed E-state index contributed by atoms with van der Waals surface area (Å²) in [5, 5.41) is 12.3. The Labute approximate surface area is 75.6 Å². The maximum Gasteiger partial charge on any atom is 0.356 e. The maximum absolute atomic E-state index is 10.5. The first-order valence-electron chi connectivity index (χ1n) is 3.11. The molecule has 12 heavy (non-hydrogen) atoms. The van der Waals surface area contributed by atoms with Crippen molar-refractivity contribution in [2.75, 3.05) is 0 Å². The van der Waals surface area contributed by atoms with Gasteiger partial charge in [-0.15, -0.1) is 12.4 Å². The number of halogens is 1. The molecule has 0 fully saturated rings. The second-order valence-corrected chi connectivity index (χ2v) is 2.19. The number of hydrogen-bond donors (Lipinski definition) is 2. The minimum atomic E-state index is -1.04. The van der Waals surface area contributed by atoms with Gasteiger partial charge in [0.2, 0.25) is 0 Å². The van der Waals surface area contributed by atoms with Crippen LogP contribution < -0.4 is 5.73 Å². The van der Waals surface area contributed by atoms with E-state index in [9.17, 15) is 4.79 Å². The lowest BCUT2D eigenvalue weighted by Crippen LogP contribution is -2.05. The average molecular weight is 192 g/mol. The largest absolute Gasteiger partial charge is 0.476 e. The van der Waals surface area contributed by atoms with Crippen LogP contribution >= 0.6 is 12.4 Å². The highest BCUT2D eigenvalue weighted by atomic mass is 35.5. The lowest BCUT2D eigenvalue weighted by atomic mass is 10.2. The Hall–Kier alpha value is -1.07. The van der Waals surface area contributed by atoms with Gasteiger partial charge in [-0.05, 0) is 0 Å². The first kappa shape index (κ1) is 10.9. The number of aromatic carboxylic acids is 1. The van der Waals surface area contributed by atoms with Crippen LogP contribution in [0.15, 0.2) is 6.20 Å². The molecule has 3 N–H and O–H groups in total. The second kappa shape index (κ2) is 4.08. The summed E-state index contributed by atoms with van der Waals surface area (Å²) in [6.45, 7) is 0.204. The summed E-state index contributed by atoms with van der Waals surface area (Å²) in [6.07, 6.45) is 1.60. The molecule has 68 valence electrons. The SMILES string of the molecule is Cl.Cn1cc(CN)c(C(=O)O)n1. The van der Waals surface area contributed by atoms with Crippen molar-refractivity contribution >= 4 is 18.4 Å². The molecule has 0 aliphatic heterocycles. The minimum absolute atomic E-state index is 0. The van der Waals surface area contributed by atoms with Gasteiger partial charge in [0.1, 0.15) is 0 Å². The number of hydrogen-bond acceptors (Lipinski definition) is 3. The van der Waals surface area contributed by atoms with Crippen molar-refractivity contribution in [1.29, 1.82) is 0 Å². The van der Waals surface area contributed by atoms with Crippen LogP contribution in [0.4, 0.5) is 0 Å². The molecular formula is C6H10ClN3O2. The summed E-state index contributed by atoms with van der Waals surface area (Å²) in [5.74, 6) is -1.04. The molecule has 0 saturated heterocycles. The van der Waals surface area contributed by atoms with Crippen molar-refractivity contribution in [2.45, 2.75) is 6.54 Å². The van der Waals surface area contributed by atoms with Crippen LogP contribution in [0.3, 0.4) is 0 Å². The van der Waals surface area contributed by atoms with Crippen molar-refractivity contribution in [3.63, 3.8) is 0 Å². The summed E-state index contributed by atoms with van der Waals surface area (Å²) >= 11 is 0. The van der Waals surface area contributed by atoms with E-state index >= 15 is 0 Å². The van der Waals surface area contributed by atoms with E-state index in [1.165, 1.54) is 4.68 Å². The van der Waals surface area contributed by atoms with Crippen molar-refractivity contribution in [3.8, 4) is 0 Å². The fourth-order valence-corrected chi connectivity index (χ4v) is 0.867. The number of carboxylic acid groups (broad SMARTS) is 1. The van der Waals surface area contributed by atoms with Crippen molar-refractivity contribution in [1.82, 2.24) is 9.78 Å². The minimum Gasteiger partial charge on any atom is -0.476 e. The van der Waals surface area contributed by atoms with Crippen LogP contribution in [-0.2, 0) is 13.6 Å². The average Bonchev–Trinajstić information content (AvgIpc) is 2.30. The topological polar surface area (TPSA) is 81.1 Å². The van der Waals surface area contributed by atoms with Gasteiger partial charge >= 0.3 is 5.97 Å². The van der Waals surface area contributed by atoms with Crippen molar-refractivity contribution in [2.24, 2.45) is 12.8 Å². The van der Waals surface area contributed by atoms with Crippen molar-refractivity contribution in [3.05, 3.63) is 17.5 Å². The van der Waals surface area contributed by atoms with E-state index in [1.807, 2.05) is 0 Å². The first-order valence-corrected chi connectivity index (χ1v) is 3.11. The molecule has 1 aromatic rings. The van der Waals surface area contributed by atoms with Crippen LogP contribution in [0.5, 0.6) is 0 Å². The summed E-state index contributed by atoms with van der Waals surface area (Å²) in [7, 11) is 1.66. The second-order valence-electron chi connectivity index (χ2n) is 2.19. The molecule has 5 nitrogen and oxygen atoms in total. The number of nitrogens with two attached hydrogens (primary N) is 1. The zero-order valence-electron chi connectivity index (χ0n) is 6.52. The van der Waals surface area contributed by atoms with Gasteiger partial charge in [0, 0.05) is 25.4 Å². The van der Waals surface area contributed by atoms with Crippen LogP contribution in [0.25, 0.3) is 0 Å². The molecule has 0 aliphatic carbocycles. The molecule has 6 heteroatoms. The standard InChI is InChI=1S/C6H9N3O2.ClH/c1-9-3-4(2-7)5(8-9)6(10)11;/h3H,2,7H2,1H3,(H,10,11);1H. The lowest BCUT2D eigenvalue weighted by Gasteiger charge is -1.89. The molecule has 0 atom stereocenters. The Kier molecular flexibility index (Phi) is 3.72. The Bertz CT molecular complexity index is 284. The van der Waals surface area contributed by atoms with E-state index in [0.29, 0.717) is 5.56 Å². The summed E-state index contributed by atoms with van der Waals surface area (Å²) in [4.78, 5) is 10.5. The summed E-state index contributed by atoms with van der Waals surface area (Å²) < 4.78 is 1.44. The summed E-state index contributed by atoms with van der Waals surface area (Å²) in [6, 6.07) is 0. The Morgan fingerprint density at radius 1 is 1.83 bits per heavy atom. The first-order chi connectivity index (χ1) is 5.15. The molecule has 0 radical (unpaired) electrons. The predicted molar refractivity (Wildman–Crippen MR) is 45.3 cm³/mol. The zero-order chi connectivity index (χ0) is 8.43.